The van der Waals surface area contributed by atoms with Crippen LogP contribution in [0.15, 0.2) is 36.4 Å². The molecule has 3 nitrogen and oxygen atoms in total. The van der Waals surface area contributed by atoms with Crippen LogP contribution >= 0.6 is 12.2 Å². The molecule has 132 valence electrons. The van der Waals surface area contributed by atoms with Gasteiger partial charge in [0.25, 0.3) is 0 Å². The molecule has 0 fully saturated rings. The molecule has 0 radical (unpaired) electrons. The number of aryl methyl sites for hydroxylation is 1. The molecule has 2 aromatic carbocycles. The smallest absolute Gasteiger partial charge is 0.152 e. The molecule has 0 amide bonds. The molecule has 0 unspecified atom stereocenters. The molecule has 0 aliphatic carbocycles. The number of nitrogens with zero attached hydrogens (tertiary/aromatic N) is 2. The van der Waals surface area contributed by atoms with Gasteiger partial charge in [-0.25, -0.2) is 27.5 Å². The van der Waals surface area contributed by atoms with Crippen molar-refractivity contribution in [3.8, 4) is 11.3 Å². The third-order valence-electron chi connectivity index (χ3n) is 3.55. The number of thiocarbonyl (C=S) groups is 1. The van der Waals surface area contributed by atoms with E-state index < -0.39 is 29.0 Å². The highest BCUT2D eigenvalue weighted by molar-refractivity contribution is 7.79. The summed E-state index contributed by atoms with van der Waals surface area (Å²) in [5.74, 6) is -3.65. The van der Waals surface area contributed by atoms with Crippen molar-refractivity contribution in [2.45, 2.75) is 6.92 Å². The van der Waals surface area contributed by atoms with Crippen LogP contribution < -0.4 is 5.32 Å². The highest BCUT2D eigenvalue weighted by atomic mass is 32.1. The van der Waals surface area contributed by atoms with E-state index >= 15 is 0 Å². The molecular weight excluding hydrogens is 366 g/mol. The Morgan fingerprint density at radius 2 is 1.62 bits per heavy atom. The minimum Gasteiger partial charge on any atom is -0.335 e. The molecular formula is C18H11F4N3S. The molecule has 0 aliphatic rings. The van der Waals surface area contributed by atoms with Gasteiger partial charge in [-0.3, -0.25) is 0 Å². The monoisotopic (exact) mass is 377 g/mol. The zero-order valence-corrected chi connectivity index (χ0v) is 14.2. The third kappa shape index (κ3) is 3.41. The second-order valence-electron chi connectivity index (χ2n) is 5.35. The van der Waals surface area contributed by atoms with Gasteiger partial charge >= 0.3 is 0 Å². The molecule has 0 saturated heterocycles. The fourth-order valence-electron chi connectivity index (χ4n) is 2.43. The molecule has 26 heavy (non-hydrogen) atoms. The SMILES string of the molecule is Cc1nc(Nc2c(F)cc(F)cc2F)c(C=S)c(-c2ccccc2F)n1. The molecule has 0 saturated carbocycles. The quantitative estimate of drug-likeness (QED) is 0.507. The lowest BCUT2D eigenvalue weighted by molar-refractivity contribution is 0.548. The summed E-state index contributed by atoms with van der Waals surface area (Å²) in [6.07, 6.45) is 0. The van der Waals surface area contributed by atoms with Crippen LogP contribution in [0.4, 0.5) is 29.1 Å². The van der Waals surface area contributed by atoms with Crippen LogP contribution in [0.1, 0.15) is 11.4 Å². The third-order valence-corrected chi connectivity index (χ3v) is 3.79. The number of nitrogens with one attached hydrogen (secondary N) is 1. The highest BCUT2D eigenvalue weighted by Gasteiger charge is 2.19. The summed E-state index contributed by atoms with van der Waals surface area (Å²) in [5, 5.41) is 3.65. The van der Waals surface area contributed by atoms with Gasteiger partial charge in [0.15, 0.2) is 11.6 Å². The summed E-state index contributed by atoms with van der Waals surface area (Å²) in [6, 6.07) is 6.97. The zero-order chi connectivity index (χ0) is 18.8. The van der Waals surface area contributed by atoms with Crippen molar-refractivity contribution in [3.05, 3.63) is 71.1 Å². The van der Waals surface area contributed by atoms with E-state index in [1.165, 1.54) is 23.6 Å². The average molecular weight is 377 g/mol. The lowest BCUT2D eigenvalue weighted by Gasteiger charge is -2.14. The fourth-order valence-corrected chi connectivity index (χ4v) is 2.65. The van der Waals surface area contributed by atoms with E-state index in [0.717, 1.165) is 0 Å². The van der Waals surface area contributed by atoms with E-state index in [2.05, 4.69) is 15.3 Å². The Kier molecular flexibility index (Phi) is 4.94. The second kappa shape index (κ2) is 7.17. The van der Waals surface area contributed by atoms with Crippen molar-refractivity contribution in [3.63, 3.8) is 0 Å². The van der Waals surface area contributed by atoms with Crippen molar-refractivity contribution in [1.29, 1.82) is 0 Å². The maximum absolute atomic E-state index is 14.2. The van der Waals surface area contributed by atoms with Crippen molar-refractivity contribution >= 4 is 29.1 Å². The summed E-state index contributed by atoms with van der Waals surface area (Å²) in [6.45, 7) is 1.54. The van der Waals surface area contributed by atoms with Crippen molar-refractivity contribution in [2.75, 3.05) is 5.32 Å². The van der Waals surface area contributed by atoms with Crippen LogP contribution in [0, 0.1) is 30.2 Å². The summed E-state index contributed by atoms with van der Waals surface area (Å²) >= 11 is 4.97. The van der Waals surface area contributed by atoms with Crippen molar-refractivity contribution in [2.24, 2.45) is 0 Å². The Morgan fingerprint density at radius 1 is 0.962 bits per heavy atom. The first-order valence-corrected chi connectivity index (χ1v) is 7.88. The standard InChI is InChI=1S/C18H11F4N3S/c1-9-23-16(11-4-2-3-5-13(11)20)12(8-26)18(24-9)25-17-14(21)6-10(19)7-15(17)22/h2-8H,1H3,(H,23,24,25). The summed E-state index contributed by atoms with van der Waals surface area (Å²) in [7, 11) is 0. The number of hydrogen-bond donors (Lipinski definition) is 1. The van der Waals surface area contributed by atoms with Gasteiger partial charge in [-0.15, -0.1) is 0 Å². The lowest BCUT2D eigenvalue weighted by Crippen LogP contribution is -2.08. The Labute approximate surface area is 151 Å². The van der Waals surface area contributed by atoms with Gasteiger partial charge in [-0.05, 0) is 19.1 Å². The Balaban J connectivity index is 2.18. The van der Waals surface area contributed by atoms with Crippen LogP contribution in [-0.2, 0) is 0 Å². The van der Waals surface area contributed by atoms with Gasteiger partial charge in [-0.1, -0.05) is 24.4 Å². The molecule has 0 atom stereocenters. The topological polar surface area (TPSA) is 37.8 Å². The van der Waals surface area contributed by atoms with E-state index in [1.54, 1.807) is 13.0 Å². The molecule has 0 bridgehead atoms. The number of aromatic nitrogens is 2. The van der Waals surface area contributed by atoms with Crippen LogP contribution in [-0.4, -0.2) is 15.3 Å². The normalized spacial score (nSPS) is 10.7. The average Bonchev–Trinajstić information content (AvgIpc) is 2.58. The molecule has 0 spiro atoms. The van der Waals surface area contributed by atoms with Gasteiger partial charge in [0.2, 0.25) is 0 Å². The van der Waals surface area contributed by atoms with E-state index in [9.17, 15) is 17.6 Å². The largest absolute Gasteiger partial charge is 0.335 e. The van der Waals surface area contributed by atoms with Crippen molar-refractivity contribution in [1.82, 2.24) is 9.97 Å². The van der Waals surface area contributed by atoms with Gasteiger partial charge in [0.05, 0.1) is 11.3 Å². The molecule has 3 aromatic rings. The summed E-state index contributed by atoms with van der Waals surface area (Å²) < 4.78 is 55.1. The van der Waals surface area contributed by atoms with Gasteiger partial charge in [0, 0.05) is 23.1 Å². The minimum absolute atomic E-state index is 0.0184. The number of halogens is 4. The number of benzene rings is 2. The molecule has 1 aromatic heterocycles. The van der Waals surface area contributed by atoms with E-state index in [1.807, 2.05) is 0 Å². The number of hydrogen-bond acceptors (Lipinski definition) is 4. The Hall–Kier alpha value is -2.87. The van der Waals surface area contributed by atoms with E-state index in [-0.39, 0.29) is 28.5 Å². The van der Waals surface area contributed by atoms with E-state index in [0.29, 0.717) is 12.1 Å². The molecule has 1 heterocycles. The maximum atomic E-state index is 14.2. The molecule has 8 heteroatoms. The summed E-state index contributed by atoms with van der Waals surface area (Å²) in [5.41, 5.74) is -0.0749. The van der Waals surface area contributed by atoms with Crippen LogP contribution in [0.25, 0.3) is 11.3 Å². The second-order valence-corrected chi connectivity index (χ2v) is 5.58. The van der Waals surface area contributed by atoms with Crippen molar-refractivity contribution < 1.29 is 17.6 Å². The van der Waals surface area contributed by atoms with Gasteiger partial charge in [0.1, 0.15) is 29.0 Å². The van der Waals surface area contributed by atoms with Gasteiger partial charge < -0.3 is 5.32 Å². The molecule has 1 N–H and O–H groups in total. The van der Waals surface area contributed by atoms with Gasteiger partial charge in [-0.2, -0.15) is 0 Å². The predicted octanol–water partition coefficient (Wildman–Crippen LogP) is 5.10. The lowest BCUT2D eigenvalue weighted by atomic mass is 10.1. The van der Waals surface area contributed by atoms with E-state index in [4.69, 9.17) is 12.2 Å². The number of anilines is 2. The number of rotatable bonds is 4. The zero-order valence-electron chi connectivity index (χ0n) is 13.4. The predicted molar refractivity (Wildman–Crippen MR) is 94.5 cm³/mol. The Bertz CT molecular complexity index is 985. The van der Waals surface area contributed by atoms with Crippen LogP contribution in [0.2, 0.25) is 0 Å². The Morgan fingerprint density at radius 3 is 2.23 bits per heavy atom. The molecule has 3 rings (SSSR count). The highest BCUT2D eigenvalue weighted by Crippen LogP contribution is 2.31. The first-order valence-electron chi connectivity index (χ1n) is 7.41. The minimum atomic E-state index is -1.14. The molecule has 0 aliphatic heterocycles. The van der Waals surface area contributed by atoms with Crippen LogP contribution in [0.3, 0.4) is 0 Å². The fraction of sp³-hybridized carbons (Fsp3) is 0.0556. The summed E-state index contributed by atoms with van der Waals surface area (Å²) in [4.78, 5) is 8.29. The first kappa shape index (κ1) is 17.9. The first-order chi connectivity index (χ1) is 12.4. The maximum Gasteiger partial charge on any atom is 0.152 e. The van der Waals surface area contributed by atoms with Crippen LogP contribution in [0.5, 0.6) is 0 Å².